The molecule has 0 rings (SSSR count). The Morgan fingerprint density at radius 1 is 1.09 bits per heavy atom. The van der Waals surface area contributed by atoms with E-state index in [-0.39, 0.29) is 18.9 Å². The summed E-state index contributed by atoms with van der Waals surface area (Å²) in [5.74, 6) is 0. The molecule has 2 nitrogen and oxygen atoms in total. The molecule has 0 aliphatic rings. The monoisotopic (exact) mass is 301 g/mol. The third kappa shape index (κ3) is 17.9. The Kier molecular flexibility index (Phi) is 18.9. The summed E-state index contributed by atoms with van der Waals surface area (Å²) in [6, 6.07) is 0. The van der Waals surface area contributed by atoms with Crippen LogP contribution in [0.15, 0.2) is 23.3 Å². The molecular weight excluding hydrogens is 265 g/mol. The maximum Gasteiger partial charge on any atom is 1.00 e. The Morgan fingerprint density at radius 3 is 2.45 bits per heavy atom. The third-order valence-electron chi connectivity index (χ3n) is 3.42. The molecule has 124 valence electrons. The molecule has 0 bridgehead atoms. The second-order valence-corrected chi connectivity index (χ2v) is 6.16. The van der Waals surface area contributed by atoms with Crippen molar-refractivity contribution in [3.05, 3.63) is 30.2 Å². The first-order valence-electron chi connectivity index (χ1n) is 8.45. The number of unbranched alkanes of at least 4 members (excludes halogenated alkanes) is 3. The van der Waals surface area contributed by atoms with Crippen molar-refractivity contribution < 1.29 is 23.6 Å². The Morgan fingerprint density at radius 2 is 1.82 bits per heavy atom. The Labute approximate surface area is 151 Å². The van der Waals surface area contributed by atoms with Crippen molar-refractivity contribution in [1.29, 1.82) is 0 Å². The maximum atomic E-state index is 5.67. The van der Waals surface area contributed by atoms with Gasteiger partial charge in [-0.2, -0.15) is 0 Å². The van der Waals surface area contributed by atoms with E-state index in [2.05, 4.69) is 51.9 Å². The zero-order valence-corrected chi connectivity index (χ0v) is 15.8. The van der Waals surface area contributed by atoms with Gasteiger partial charge in [0.1, 0.15) is 0 Å². The number of rotatable bonds is 13. The Hall–Kier alpha value is -0.133. The standard InChI is InChI=1S/C19H36NO.Li/c1-6-7-8-9-12-18(2)13-10-14-19(3)17-21-16-11-15-20(4)5;/h12,14H,2,6-11,13,15-17H2,1,3-5H3;/q-1;+1/b18-12-,19-14+;. The van der Waals surface area contributed by atoms with Crippen molar-refractivity contribution in [2.75, 3.05) is 33.9 Å². The van der Waals surface area contributed by atoms with Crippen LogP contribution in [0, 0.1) is 6.92 Å². The number of hydrogen-bond acceptors (Lipinski definition) is 2. The molecule has 3 heteroatoms. The second kappa shape index (κ2) is 17.2. The molecule has 0 aromatic rings. The van der Waals surface area contributed by atoms with Gasteiger partial charge < -0.3 is 9.64 Å². The van der Waals surface area contributed by atoms with Crippen LogP contribution < -0.4 is 18.9 Å². The zero-order valence-electron chi connectivity index (χ0n) is 15.8. The van der Waals surface area contributed by atoms with Crippen LogP contribution in [-0.2, 0) is 4.74 Å². The first-order valence-corrected chi connectivity index (χ1v) is 8.45. The van der Waals surface area contributed by atoms with Crippen LogP contribution >= 0.6 is 0 Å². The molecule has 0 aromatic heterocycles. The summed E-state index contributed by atoms with van der Waals surface area (Å²) in [7, 11) is 4.19. The van der Waals surface area contributed by atoms with Crippen molar-refractivity contribution in [2.45, 2.75) is 58.8 Å². The molecule has 0 N–H and O–H groups in total. The van der Waals surface area contributed by atoms with E-state index in [0.29, 0.717) is 0 Å². The van der Waals surface area contributed by atoms with Gasteiger partial charge in [0.05, 0.1) is 6.61 Å². The van der Waals surface area contributed by atoms with Crippen LogP contribution in [0.4, 0.5) is 0 Å². The summed E-state index contributed by atoms with van der Waals surface area (Å²) in [4.78, 5) is 2.19. The van der Waals surface area contributed by atoms with Crippen molar-refractivity contribution in [3.8, 4) is 0 Å². The van der Waals surface area contributed by atoms with E-state index in [4.69, 9.17) is 4.74 Å². The molecule has 0 unspecified atom stereocenters. The SMILES string of the molecule is [CH2-]/C(=C/CCCCC)CC/C=C(\C)COCCCN(C)C.[Li+]. The average molecular weight is 301 g/mol. The van der Waals surface area contributed by atoms with Gasteiger partial charge in [0.25, 0.3) is 0 Å². The smallest absolute Gasteiger partial charge is 0.377 e. The topological polar surface area (TPSA) is 12.5 Å². The summed E-state index contributed by atoms with van der Waals surface area (Å²) in [5, 5.41) is 0. The molecule has 0 saturated carbocycles. The molecule has 0 spiro atoms. The molecule has 0 aliphatic heterocycles. The minimum Gasteiger partial charge on any atom is -0.377 e. The molecule has 22 heavy (non-hydrogen) atoms. The van der Waals surface area contributed by atoms with E-state index in [1.807, 2.05) is 0 Å². The number of allylic oxidation sites excluding steroid dienone is 3. The third-order valence-corrected chi connectivity index (χ3v) is 3.42. The van der Waals surface area contributed by atoms with Gasteiger partial charge in [-0.25, -0.2) is 18.6 Å². The van der Waals surface area contributed by atoms with E-state index in [9.17, 15) is 0 Å². The second-order valence-electron chi connectivity index (χ2n) is 6.16. The van der Waals surface area contributed by atoms with E-state index in [1.165, 1.54) is 36.8 Å². The predicted molar refractivity (Wildman–Crippen MR) is 94.6 cm³/mol. The first kappa shape index (κ1) is 24.1. The van der Waals surface area contributed by atoms with E-state index >= 15 is 0 Å². The van der Waals surface area contributed by atoms with Crippen LogP contribution in [-0.4, -0.2) is 38.8 Å². The van der Waals surface area contributed by atoms with Crippen LogP contribution in [0.3, 0.4) is 0 Å². The molecule has 0 radical (unpaired) electrons. The molecule has 0 aromatic carbocycles. The van der Waals surface area contributed by atoms with Crippen molar-refractivity contribution in [2.24, 2.45) is 0 Å². The van der Waals surface area contributed by atoms with Crippen LogP contribution in [0.1, 0.15) is 58.8 Å². The molecule has 0 aliphatic carbocycles. The van der Waals surface area contributed by atoms with Gasteiger partial charge in [-0.05, 0) is 40.4 Å². The molecule has 0 amide bonds. The molecule has 0 fully saturated rings. The summed E-state index contributed by atoms with van der Waals surface area (Å²) in [5.41, 5.74) is 2.61. The number of ether oxygens (including phenoxy) is 1. The Balaban J connectivity index is 0. The number of nitrogens with zero attached hydrogens (tertiary/aromatic N) is 1. The summed E-state index contributed by atoms with van der Waals surface area (Å²) < 4.78 is 5.67. The predicted octanol–water partition coefficient (Wildman–Crippen LogP) is 2.03. The van der Waals surface area contributed by atoms with Crippen LogP contribution in [0.5, 0.6) is 0 Å². The van der Waals surface area contributed by atoms with E-state index < -0.39 is 0 Å². The number of hydrogen-bond donors (Lipinski definition) is 0. The fraction of sp³-hybridized carbons (Fsp3) is 0.737. The minimum absolute atomic E-state index is 0. The normalized spacial score (nSPS) is 12.6. The van der Waals surface area contributed by atoms with Crippen molar-refractivity contribution in [3.63, 3.8) is 0 Å². The fourth-order valence-electron chi connectivity index (χ4n) is 2.08. The summed E-state index contributed by atoms with van der Waals surface area (Å²) in [6.45, 7) is 11.2. The van der Waals surface area contributed by atoms with Crippen LogP contribution in [0.25, 0.3) is 0 Å². The minimum atomic E-state index is 0. The average Bonchev–Trinajstić information content (AvgIpc) is 2.43. The maximum absolute atomic E-state index is 5.67. The summed E-state index contributed by atoms with van der Waals surface area (Å²) >= 11 is 0. The molecule has 0 heterocycles. The zero-order chi connectivity index (χ0) is 15.9. The van der Waals surface area contributed by atoms with Gasteiger partial charge in [0, 0.05) is 6.61 Å². The van der Waals surface area contributed by atoms with Gasteiger partial charge in [-0.1, -0.05) is 44.3 Å². The van der Waals surface area contributed by atoms with Gasteiger partial charge in [0.15, 0.2) is 0 Å². The van der Waals surface area contributed by atoms with Crippen LogP contribution in [0.2, 0.25) is 0 Å². The van der Waals surface area contributed by atoms with Gasteiger partial charge in [-0.15, -0.1) is 6.42 Å². The largest absolute Gasteiger partial charge is 1.00 e. The first-order chi connectivity index (χ1) is 10.1. The van der Waals surface area contributed by atoms with Gasteiger partial charge in [-0.3, -0.25) is 0 Å². The molecule has 0 atom stereocenters. The van der Waals surface area contributed by atoms with Gasteiger partial charge in [0.2, 0.25) is 0 Å². The van der Waals surface area contributed by atoms with Crippen molar-refractivity contribution in [1.82, 2.24) is 4.90 Å². The van der Waals surface area contributed by atoms with E-state index in [1.54, 1.807) is 0 Å². The molecular formula is C19H36LiNO. The van der Waals surface area contributed by atoms with E-state index in [0.717, 1.165) is 39.0 Å². The molecule has 0 saturated heterocycles. The Bertz CT molecular complexity index is 298. The quantitative estimate of drug-likeness (QED) is 0.223. The fourth-order valence-corrected chi connectivity index (χ4v) is 2.08. The summed E-state index contributed by atoms with van der Waals surface area (Å²) in [6.07, 6.45) is 12.9. The van der Waals surface area contributed by atoms with Crippen molar-refractivity contribution >= 4 is 0 Å². The van der Waals surface area contributed by atoms with Gasteiger partial charge >= 0.3 is 18.9 Å².